The van der Waals surface area contributed by atoms with Crippen LogP contribution < -0.4 is 5.32 Å². The molecule has 1 fully saturated rings. The predicted molar refractivity (Wildman–Crippen MR) is 47.8 cm³/mol. The molecule has 2 N–H and O–H groups in total. The lowest BCUT2D eigenvalue weighted by atomic mass is 9.95. The quantitative estimate of drug-likeness (QED) is 0.618. The van der Waals surface area contributed by atoms with E-state index in [2.05, 4.69) is 19.2 Å². The highest BCUT2D eigenvalue weighted by Crippen LogP contribution is 2.22. The van der Waals surface area contributed by atoms with Crippen LogP contribution in [0.1, 0.15) is 34.1 Å². The van der Waals surface area contributed by atoms with E-state index >= 15 is 0 Å². The molecule has 12 heavy (non-hydrogen) atoms. The zero-order valence-electron chi connectivity index (χ0n) is 8.29. The Morgan fingerprint density at radius 3 is 2.58 bits per heavy atom. The Labute approximate surface area is 74.1 Å². The number of ether oxygens (including phenoxy) is 1. The Hall–Kier alpha value is -0.120. The molecule has 1 saturated heterocycles. The molecule has 0 aromatic carbocycles. The van der Waals surface area contributed by atoms with Crippen molar-refractivity contribution in [2.45, 2.75) is 58.1 Å². The number of hydrogen-bond acceptors (Lipinski definition) is 3. The average molecular weight is 173 g/mol. The van der Waals surface area contributed by atoms with Gasteiger partial charge in [-0.25, -0.2) is 0 Å². The van der Waals surface area contributed by atoms with Crippen LogP contribution in [0.2, 0.25) is 0 Å². The normalized spacial score (nSPS) is 37.8. The molecular weight excluding hydrogens is 154 g/mol. The van der Waals surface area contributed by atoms with Gasteiger partial charge < -0.3 is 9.84 Å². The van der Waals surface area contributed by atoms with Gasteiger partial charge in [-0.3, -0.25) is 5.32 Å². The van der Waals surface area contributed by atoms with E-state index in [9.17, 15) is 5.11 Å². The SMILES string of the molecule is CC1CC(C)(C)NC(C(C)O)O1. The maximum atomic E-state index is 9.34. The second-order valence-corrected chi connectivity index (χ2v) is 4.34. The first-order chi connectivity index (χ1) is 5.41. The minimum absolute atomic E-state index is 0.0688. The van der Waals surface area contributed by atoms with Crippen molar-refractivity contribution >= 4 is 0 Å². The molecule has 1 heterocycles. The van der Waals surface area contributed by atoms with Crippen molar-refractivity contribution in [1.82, 2.24) is 5.32 Å². The van der Waals surface area contributed by atoms with Crippen LogP contribution in [-0.4, -0.2) is 29.1 Å². The van der Waals surface area contributed by atoms with Crippen LogP contribution in [0, 0.1) is 0 Å². The zero-order valence-corrected chi connectivity index (χ0v) is 8.29. The summed E-state index contributed by atoms with van der Waals surface area (Å²) in [7, 11) is 0. The summed E-state index contributed by atoms with van der Waals surface area (Å²) in [5, 5.41) is 12.6. The smallest absolute Gasteiger partial charge is 0.134 e. The van der Waals surface area contributed by atoms with Gasteiger partial charge in [-0.2, -0.15) is 0 Å². The zero-order chi connectivity index (χ0) is 9.35. The standard InChI is InChI=1S/C9H19NO2/c1-6-5-9(3,4)10-8(12-6)7(2)11/h6-8,10-11H,5H2,1-4H3. The number of aliphatic hydroxyl groups is 1. The summed E-state index contributed by atoms with van der Waals surface area (Å²) in [6.45, 7) is 8.03. The van der Waals surface area contributed by atoms with Crippen molar-refractivity contribution in [2.75, 3.05) is 0 Å². The third-order valence-electron chi connectivity index (χ3n) is 2.15. The van der Waals surface area contributed by atoms with E-state index in [0.29, 0.717) is 0 Å². The summed E-state index contributed by atoms with van der Waals surface area (Å²) in [4.78, 5) is 0. The van der Waals surface area contributed by atoms with Gasteiger partial charge in [0.05, 0.1) is 12.2 Å². The van der Waals surface area contributed by atoms with Gasteiger partial charge in [0.1, 0.15) is 6.23 Å². The molecule has 0 spiro atoms. The van der Waals surface area contributed by atoms with E-state index in [1.807, 2.05) is 6.92 Å². The molecule has 3 nitrogen and oxygen atoms in total. The second-order valence-electron chi connectivity index (χ2n) is 4.34. The predicted octanol–water partition coefficient (Wildman–Crippen LogP) is 0.870. The number of nitrogens with one attached hydrogen (secondary N) is 1. The lowest BCUT2D eigenvalue weighted by molar-refractivity contribution is -0.131. The fourth-order valence-corrected chi connectivity index (χ4v) is 1.73. The summed E-state index contributed by atoms with van der Waals surface area (Å²) in [5.74, 6) is 0. The molecular formula is C9H19NO2. The second kappa shape index (κ2) is 3.32. The summed E-state index contributed by atoms with van der Waals surface area (Å²) in [5.41, 5.74) is 0.0688. The van der Waals surface area contributed by atoms with Gasteiger partial charge in [0.2, 0.25) is 0 Å². The first-order valence-electron chi connectivity index (χ1n) is 4.52. The monoisotopic (exact) mass is 173 g/mol. The molecule has 1 aliphatic heterocycles. The van der Waals surface area contributed by atoms with Crippen LogP contribution in [-0.2, 0) is 4.74 Å². The molecule has 3 atom stereocenters. The Balaban J connectivity index is 2.58. The molecule has 1 aliphatic rings. The van der Waals surface area contributed by atoms with Gasteiger partial charge in [0, 0.05) is 5.54 Å². The molecule has 0 amide bonds. The topological polar surface area (TPSA) is 41.5 Å². The van der Waals surface area contributed by atoms with Crippen molar-refractivity contribution in [3.63, 3.8) is 0 Å². The molecule has 0 aromatic heterocycles. The number of rotatable bonds is 1. The summed E-state index contributed by atoms with van der Waals surface area (Å²) in [6.07, 6.45) is 0.535. The molecule has 0 bridgehead atoms. The Morgan fingerprint density at radius 1 is 1.58 bits per heavy atom. The van der Waals surface area contributed by atoms with E-state index in [0.717, 1.165) is 6.42 Å². The average Bonchev–Trinajstić information content (AvgIpc) is 1.82. The van der Waals surface area contributed by atoms with Gasteiger partial charge in [-0.1, -0.05) is 0 Å². The van der Waals surface area contributed by atoms with Gasteiger partial charge in [0.25, 0.3) is 0 Å². The van der Waals surface area contributed by atoms with Crippen molar-refractivity contribution in [3.05, 3.63) is 0 Å². The first-order valence-corrected chi connectivity index (χ1v) is 4.52. The largest absolute Gasteiger partial charge is 0.389 e. The lowest BCUT2D eigenvalue weighted by Gasteiger charge is -2.41. The van der Waals surface area contributed by atoms with Crippen LogP contribution in [0.3, 0.4) is 0 Å². The Morgan fingerprint density at radius 2 is 2.17 bits per heavy atom. The van der Waals surface area contributed by atoms with E-state index < -0.39 is 6.10 Å². The Bertz CT molecular complexity index is 157. The van der Waals surface area contributed by atoms with Crippen LogP contribution >= 0.6 is 0 Å². The minimum atomic E-state index is -0.452. The molecule has 72 valence electrons. The van der Waals surface area contributed by atoms with Gasteiger partial charge in [0.15, 0.2) is 0 Å². The summed E-state index contributed by atoms with van der Waals surface area (Å²) >= 11 is 0. The summed E-state index contributed by atoms with van der Waals surface area (Å²) in [6, 6.07) is 0. The fraction of sp³-hybridized carbons (Fsp3) is 1.00. The van der Waals surface area contributed by atoms with Gasteiger partial charge in [-0.15, -0.1) is 0 Å². The molecule has 0 aliphatic carbocycles. The van der Waals surface area contributed by atoms with E-state index in [-0.39, 0.29) is 17.9 Å². The highest BCUT2D eigenvalue weighted by Gasteiger charge is 2.33. The number of hydrogen-bond donors (Lipinski definition) is 2. The van der Waals surface area contributed by atoms with E-state index in [1.165, 1.54) is 0 Å². The molecule has 3 unspecified atom stereocenters. The maximum Gasteiger partial charge on any atom is 0.134 e. The summed E-state index contributed by atoms with van der Waals surface area (Å²) < 4.78 is 5.52. The highest BCUT2D eigenvalue weighted by atomic mass is 16.5. The van der Waals surface area contributed by atoms with Gasteiger partial charge >= 0.3 is 0 Å². The van der Waals surface area contributed by atoms with Crippen molar-refractivity contribution < 1.29 is 9.84 Å². The van der Waals surface area contributed by atoms with E-state index in [1.54, 1.807) is 6.92 Å². The molecule has 0 radical (unpaired) electrons. The van der Waals surface area contributed by atoms with Crippen LogP contribution in [0.25, 0.3) is 0 Å². The third kappa shape index (κ3) is 2.44. The molecule has 0 aromatic rings. The fourth-order valence-electron chi connectivity index (χ4n) is 1.73. The van der Waals surface area contributed by atoms with Crippen molar-refractivity contribution in [3.8, 4) is 0 Å². The third-order valence-corrected chi connectivity index (χ3v) is 2.15. The van der Waals surface area contributed by atoms with E-state index in [4.69, 9.17) is 4.74 Å². The molecule has 0 saturated carbocycles. The highest BCUT2D eigenvalue weighted by molar-refractivity contribution is 4.87. The van der Waals surface area contributed by atoms with Crippen molar-refractivity contribution in [1.29, 1.82) is 0 Å². The first kappa shape index (κ1) is 9.96. The molecule has 1 rings (SSSR count). The van der Waals surface area contributed by atoms with Gasteiger partial charge in [-0.05, 0) is 34.1 Å². The van der Waals surface area contributed by atoms with Crippen molar-refractivity contribution in [2.24, 2.45) is 0 Å². The maximum absolute atomic E-state index is 9.34. The van der Waals surface area contributed by atoms with Crippen LogP contribution in [0.5, 0.6) is 0 Å². The number of aliphatic hydroxyl groups excluding tert-OH is 1. The lowest BCUT2D eigenvalue weighted by Crippen LogP contribution is -2.58. The Kier molecular flexibility index (Phi) is 2.76. The minimum Gasteiger partial charge on any atom is -0.389 e. The molecule has 3 heteroatoms. The van der Waals surface area contributed by atoms with Crippen LogP contribution in [0.4, 0.5) is 0 Å². The van der Waals surface area contributed by atoms with Crippen LogP contribution in [0.15, 0.2) is 0 Å².